The highest BCUT2D eigenvalue weighted by Gasteiger charge is 2.55. The number of fused-ring (bicyclic) bond motifs is 10. The molecule has 0 spiro atoms. The highest BCUT2D eigenvalue weighted by Crippen LogP contribution is 2.54. The van der Waals surface area contributed by atoms with Crippen LogP contribution in [0.15, 0.2) is 123 Å². The molecule has 83 heavy (non-hydrogen) atoms. The number of carbonyl (C=O) groups is 5. The zero-order valence-electron chi connectivity index (χ0n) is 49.1. The van der Waals surface area contributed by atoms with Crippen molar-refractivity contribution < 1.29 is 65.6 Å². The number of rotatable bonds is 12. The number of Topliss-reactive ketones (excluding diaryl/α,β-unsaturated/α-hetero) is 1. The summed E-state index contributed by atoms with van der Waals surface area (Å²) in [6.45, 7) is 17.7. The van der Waals surface area contributed by atoms with Crippen molar-refractivity contribution in [1.82, 2.24) is 16.0 Å². The third-order valence-corrected chi connectivity index (χ3v) is 18.3. The second-order valence-corrected chi connectivity index (χ2v) is 25.5. The van der Waals surface area contributed by atoms with Crippen molar-refractivity contribution >= 4 is 56.7 Å². The number of allylic oxidation sites excluding steroid dienone is 5. The summed E-state index contributed by atoms with van der Waals surface area (Å²) >= 11 is 0. The highest BCUT2D eigenvalue weighted by molar-refractivity contribution is 7.85. The molecule has 0 saturated heterocycles. The van der Waals surface area contributed by atoms with Crippen LogP contribution in [0.3, 0.4) is 0 Å². The van der Waals surface area contributed by atoms with Crippen molar-refractivity contribution in [3.8, 4) is 0 Å². The van der Waals surface area contributed by atoms with Gasteiger partial charge in [0.1, 0.15) is 16.2 Å². The van der Waals surface area contributed by atoms with Crippen molar-refractivity contribution in [3.63, 3.8) is 0 Å². The second kappa shape index (κ2) is 24.0. The Morgan fingerprint density at radius 2 is 1.71 bits per heavy atom. The largest absolute Gasteiger partial charge is 0.744 e. The van der Waals surface area contributed by atoms with Gasteiger partial charge in [0.05, 0.1) is 52.5 Å². The van der Waals surface area contributed by atoms with Crippen molar-refractivity contribution in [2.45, 2.75) is 153 Å². The zero-order chi connectivity index (χ0) is 60.0. The minimum atomic E-state index is -4.64. The van der Waals surface area contributed by atoms with E-state index in [0.717, 1.165) is 76.1 Å². The van der Waals surface area contributed by atoms with Gasteiger partial charge in [-0.1, -0.05) is 64.1 Å². The third kappa shape index (κ3) is 12.1. The number of anilines is 1. The van der Waals surface area contributed by atoms with Crippen LogP contribution in [0.1, 0.15) is 111 Å². The number of aliphatic hydroxyl groups is 1. The molecular formula is C63H78N6O13S. The molecule has 6 aliphatic heterocycles. The maximum atomic E-state index is 14.3. The highest BCUT2D eigenvalue weighted by atomic mass is 32.2. The van der Waals surface area contributed by atoms with Crippen LogP contribution < -0.4 is 26.6 Å². The number of hydrogen-bond donors (Lipinski definition) is 5. The van der Waals surface area contributed by atoms with Crippen LogP contribution in [0.5, 0.6) is 0 Å². The van der Waals surface area contributed by atoms with E-state index in [1.807, 2.05) is 13.0 Å². The molecule has 0 fully saturated rings. The van der Waals surface area contributed by atoms with Crippen LogP contribution in [-0.4, -0.2) is 135 Å². The van der Waals surface area contributed by atoms with Crippen LogP contribution in [-0.2, 0) is 65.5 Å². The lowest BCUT2D eigenvalue weighted by Gasteiger charge is -2.42. The van der Waals surface area contributed by atoms with Gasteiger partial charge in [0.2, 0.25) is 23.2 Å². The summed E-state index contributed by atoms with van der Waals surface area (Å²) in [5, 5.41) is 20.5. The van der Waals surface area contributed by atoms with Crippen LogP contribution in [0.25, 0.3) is 0 Å². The summed E-state index contributed by atoms with van der Waals surface area (Å²) in [6, 6.07) is 10.9. The molecule has 2 aromatic rings. The number of amides is 3. The molecule has 9 rings (SSSR count). The molecule has 8 atom stereocenters. The van der Waals surface area contributed by atoms with Gasteiger partial charge in [0.25, 0.3) is 5.91 Å². The van der Waals surface area contributed by atoms with E-state index >= 15 is 0 Å². The Morgan fingerprint density at radius 1 is 0.964 bits per heavy atom. The number of primary amides is 1. The fraction of sp³-hybridized carbons (Fsp3) is 0.492. The van der Waals surface area contributed by atoms with E-state index in [-0.39, 0.29) is 64.3 Å². The minimum Gasteiger partial charge on any atom is -0.744 e. The molecule has 0 saturated carbocycles. The van der Waals surface area contributed by atoms with Crippen molar-refractivity contribution in [2.24, 2.45) is 17.6 Å². The van der Waals surface area contributed by atoms with Gasteiger partial charge in [0, 0.05) is 103 Å². The molecule has 444 valence electrons. The average molecular weight is 1160 g/mol. The Hall–Kier alpha value is -6.81. The first-order valence-corrected chi connectivity index (χ1v) is 30.0. The fourth-order valence-electron chi connectivity index (χ4n) is 13.3. The number of ether oxygens (including phenoxy) is 4. The van der Waals surface area contributed by atoms with Gasteiger partial charge >= 0.3 is 6.09 Å². The number of hydrogen-bond acceptors (Lipinski definition) is 15. The van der Waals surface area contributed by atoms with E-state index < -0.39 is 74.8 Å². The van der Waals surface area contributed by atoms with E-state index in [1.54, 1.807) is 45.1 Å². The normalized spacial score (nSPS) is 28.6. The monoisotopic (exact) mass is 1160 g/mol. The number of nitrogens with zero attached hydrogens (tertiary/aromatic N) is 2. The van der Waals surface area contributed by atoms with Crippen LogP contribution >= 0.6 is 0 Å². The molecule has 19 nitrogen and oxygen atoms in total. The number of nitrogens with two attached hydrogens (primary N) is 1. The minimum absolute atomic E-state index is 0.0990. The smallest absolute Gasteiger partial charge is 0.405 e. The lowest BCUT2D eigenvalue weighted by Crippen LogP contribution is -2.47. The number of carbonyl (C=O) groups excluding carboxylic acids is 5. The van der Waals surface area contributed by atoms with Crippen molar-refractivity contribution in [1.29, 1.82) is 0 Å². The summed E-state index contributed by atoms with van der Waals surface area (Å²) in [6.07, 6.45) is 8.33. The van der Waals surface area contributed by atoms with Gasteiger partial charge in [-0.2, -0.15) is 4.58 Å². The van der Waals surface area contributed by atoms with Gasteiger partial charge in [-0.15, -0.1) is 0 Å². The number of methoxy groups -OCH3 is 2. The van der Waals surface area contributed by atoms with E-state index in [0.29, 0.717) is 44.5 Å². The maximum Gasteiger partial charge on any atom is 0.405 e. The Bertz CT molecular complexity index is 3400. The zero-order valence-corrected chi connectivity index (χ0v) is 49.9. The van der Waals surface area contributed by atoms with E-state index in [2.05, 4.69) is 71.3 Å². The van der Waals surface area contributed by atoms with E-state index in [4.69, 9.17) is 24.7 Å². The first-order valence-electron chi connectivity index (χ1n) is 28.6. The fourth-order valence-corrected chi connectivity index (χ4v) is 13.8. The number of nitrogens with one attached hydrogen (secondary N) is 3. The summed E-state index contributed by atoms with van der Waals surface area (Å²) in [5.74, 6) is -2.55. The summed E-state index contributed by atoms with van der Waals surface area (Å²) < 4.78 is 62.4. The first-order chi connectivity index (χ1) is 39.2. The van der Waals surface area contributed by atoms with Gasteiger partial charge in [-0.3, -0.25) is 19.2 Å². The maximum absolute atomic E-state index is 14.3. The number of unbranched alkanes of at least 4 members (excludes halogenated alkanes) is 1. The predicted octanol–water partition coefficient (Wildman–Crippen LogP) is 6.32. The molecule has 0 aromatic heterocycles. The Morgan fingerprint density at radius 3 is 2.42 bits per heavy atom. The number of aliphatic hydroxyl groups excluding tert-OH is 1. The molecule has 7 aliphatic rings. The van der Waals surface area contributed by atoms with Crippen LogP contribution in [0.4, 0.5) is 16.2 Å². The molecule has 2 unspecified atom stereocenters. The quantitative estimate of drug-likeness (QED) is 0.0512. The van der Waals surface area contributed by atoms with Crippen LogP contribution in [0, 0.1) is 11.8 Å². The van der Waals surface area contributed by atoms with E-state index in [9.17, 15) is 42.0 Å². The van der Waals surface area contributed by atoms with Gasteiger partial charge in [0.15, 0.2) is 18.4 Å². The first kappa shape index (κ1) is 60.8. The van der Waals surface area contributed by atoms with Gasteiger partial charge < -0.3 is 55.2 Å². The molecule has 20 heteroatoms. The van der Waals surface area contributed by atoms with Gasteiger partial charge in [-0.25, -0.2) is 13.2 Å². The van der Waals surface area contributed by atoms with E-state index in [1.165, 1.54) is 32.4 Å². The lowest BCUT2D eigenvalue weighted by molar-refractivity contribution is -0.445. The van der Waals surface area contributed by atoms with Crippen LogP contribution in [0.2, 0.25) is 0 Å². The summed E-state index contributed by atoms with van der Waals surface area (Å²) in [7, 11) is -1.73. The second-order valence-electron chi connectivity index (χ2n) is 24.1. The lowest BCUT2D eigenvalue weighted by atomic mass is 9.74. The topological polar surface area (TPSA) is 268 Å². The average Bonchev–Trinajstić information content (AvgIpc) is 1.73. The molecule has 3 amide bonds. The van der Waals surface area contributed by atoms with Crippen molar-refractivity contribution in [3.05, 3.63) is 135 Å². The van der Waals surface area contributed by atoms with Crippen molar-refractivity contribution in [2.75, 3.05) is 45.3 Å². The Kier molecular flexibility index (Phi) is 17.6. The SMILES string of the molecule is CO[C@H]1C[C@H](C)CC2=C(NCCCCNC(=O)Cc3ccc4c(c3)C(C)(C)C3=C5C=C6C7=[N+](CCC6OC5CCN34)c3ccc(S(=O)(=O)[O-])cc3C7(C)C)C(=O)C=C(NC(=O)/C(C)=C/C=C\[C@@H](OC)[C@@H](OC(N)=O)/C(C)=C/[C@H](C)[C@H]1O)C2=O. The number of ketones is 2. The Labute approximate surface area is 486 Å². The van der Waals surface area contributed by atoms with Gasteiger partial charge in [-0.05, 0) is 107 Å². The standard InChI is InChI=1S/C63H78N6O13S/c1-34-26-42-54(48(70)33-45(56(42)73)67-60(74)35(2)14-13-15-51(79-9)57(82-61(64)75)37(4)28-36(3)55(72)52(27-34)80-10)66-23-12-11-22-65-53(71)30-38-16-18-46-43(29-38)62(5,6)58-40-32-41-50(81-49(40)20-24-68(46)58)21-25-69-47-19-17-39(83(76,77)78)31-44(47)63(7,8)59(41)69/h13-19,28-29,31-34,36,49-52,55,57,72H,11-12,20-27,30H2,1-10H3,(H5-,64,65,66,67,70,71,73,74,75,76,77,78)/b15-13-,35-14+,37-28+/t34-,36+,49?,50?,51-,52+,55-,57+/m1/s1. The molecular weight excluding hydrogens is 1080 g/mol. The third-order valence-electron chi connectivity index (χ3n) is 17.5. The molecule has 2 aromatic carbocycles. The molecule has 6 heterocycles. The predicted molar refractivity (Wildman–Crippen MR) is 311 cm³/mol. The summed E-state index contributed by atoms with van der Waals surface area (Å²) in [5.41, 5.74) is 14.6. The summed E-state index contributed by atoms with van der Waals surface area (Å²) in [4.78, 5) is 69.3. The molecule has 6 N–H and O–H groups in total. The molecule has 2 bridgehead atoms. The Balaban J connectivity index is 0.851. The molecule has 1 aliphatic carbocycles. The number of benzene rings is 2. The molecule has 0 radical (unpaired) electrons.